The van der Waals surface area contributed by atoms with Crippen LogP contribution in [0.4, 0.5) is 15.8 Å². The SMILES string of the molecule is CCOP1(=O)C=CN(c2ccc(N)cc2F)C=C1. The molecule has 0 aromatic heterocycles. The van der Waals surface area contributed by atoms with Gasteiger partial charge in [0.15, 0.2) is 0 Å². The molecule has 0 spiro atoms. The van der Waals surface area contributed by atoms with Gasteiger partial charge in [0.1, 0.15) is 5.82 Å². The highest BCUT2D eigenvalue weighted by atomic mass is 31.2. The van der Waals surface area contributed by atoms with Crippen LogP contribution in [0.15, 0.2) is 42.2 Å². The molecular weight excluding hydrogens is 254 g/mol. The zero-order valence-corrected chi connectivity index (χ0v) is 10.8. The largest absolute Gasteiger partial charge is 0.399 e. The van der Waals surface area contributed by atoms with Gasteiger partial charge in [-0.25, -0.2) is 4.39 Å². The molecule has 1 aliphatic rings. The minimum absolute atomic E-state index is 0.347. The Bertz CT molecular complexity index is 539. The van der Waals surface area contributed by atoms with Gasteiger partial charge in [-0.2, -0.15) is 0 Å². The van der Waals surface area contributed by atoms with Crippen LogP contribution in [0, 0.1) is 5.82 Å². The van der Waals surface area contributed by atoms with E-state index >= 15 is 0 Å². The van der Waals surface area contributed by atoms with Crippen LogP contribution >= 0.6 is 7.37 Å². The maximum atomic E-state index is 13.7. The zero-order chi connectivity index (χ0) is 13.2. The third-order valence-electron chi connectivity index (χ3n) is 2.45. The Morgan fingerprint density at radius 1 is 1.39 bits per heavy atom. The summed E-state index contributed by atoms with van der Waals surface area (Å²) < 4.78 is 30.8. The molecule has 6 heteroatoms. The third-order valence-corrected chi connectivity index (χ3v) is 4.21. The van der Waals surface area contributed by atoms with Gasteiger partial charge in [-0.05, 0) is 25.1 Å². The Morgan fingerprint density at radius 3 is 2.61 bits per heavy atom. The molecular formula is C12H14FN2O2P. The van der Waals surface area contributed by atoms with Gasteiger partial charge in [-0.1, -0.05) is 0 Å². The third kappa shape index (κ3) is 2.63. The van der Waals surface area contributed by atoms with E-state index in [1.165, 1.54) is 35.0 Å². The van der Waals surface area contributed by atoms with Crippen molar-refractivity contribution in [2.75, 3.05) is 17.2 Å². The average Bonchev–Trinajstić information content (AvgIpc) is 2.31. The molecule has 1 aromatic carbocycles. The summed E-state index contributed by atoms with van der Waals surface area (Å²) in [5, 5.41) is 0. The van der Waals surface area contributed by atoms with E-state index in [1.807, 2.05) is 0 Å². The fraction of sp³-hybridized carbons (Fsp3) is 0.167. The first kappa shape index (κ1) is 12.9. The summed E-state index contributed by atoms with van der Waals surface area (Å²) >= 11 is 0. The molecule has 0 saturated carbocycles. The van der Waals surface area contributed by atoms with Gasteiger partial charge < -0.3 is 15.2 Å². The topological polar surface area (TPSA) is 55.6 Å². The molecule has 0 radical (unpaired) electrons. The van der Waals surface area contributed by atoms with E-state index in [0.29, 0.717) is 18.0 Å². The lowest BCUT2D eigenvalue weighted by Gasteiger charge is -2.22. The van der Waals surface area contributed by atoms with Crippen LogP contribution in [0.5, 0.6) is 0 Å². The fourth-order valence-corrected chi connectivity index (χ4v) is 2.94. The number of hydrogen-bond acceptors (Lipinski definition) is 4. The molecule has 0 unspecified atom stereocenters. The van der Waals surface area contributed by atoms with Crippen molar-refractivity contribution >= 4 is 18.7 Å². The maximum Gasteiger partial charge on any atom is 0.250 e. The van der Waals surface area contributed by atoms with Crippen molar-refractivity contribution in [1.29, 1.82) is 0 Å². The van der Waals surface area contributed by atoms with E-state index in [4.69, 9.17) is 10.3 Å². The van der Waals surface area contributed by atoms with Gasteiger partial charge in [0.05, 0.1) is 12.3 Å². The van der Waals surface area contributed by atoms with E-state index in [0.717, 1.165) is 0 Å². The van der Waals surface area contributed by atoms with E-state index in [-0.39, 0.29) is 0 Å². The van der Waals surface area contributed by atoms with E-state index in [2.05, 4.69) is 0 Å². The van der Waals surface area contributed by atoms with E-state index in [1.54, 1.807) is 19.1 Å². The molecule has 0 saturated heterocycles. The second kappa shape index (κ2) is 4.96. The number of halogens is 1. The van der Waals surface area contributed by atoms with E-state index < -0.39 is 13.2 Å². The number of rotatable bonds is 3. The summed E-state index contributed by atoms with van der Waals surface area (Å²) in [6, 6.07) is 4.42. The second-order valence-corrected chi connectivity index (χ2v) is 5.92. The lowest BCUT2D eigenvalue weighted by Crippen LogP contribution is -2.11. The Morgan fingerprint density at radius 2 is 2.06 bits per heavy atom. The predicted molar refractivity (Wildman–Crippen MR) is 70.8 cm³/mol. The lowest BCUT2D eigenvalue weighted by atomic mass is 10.2. The Hall–Kier alpha value is -1.58. The molecule has 0 bridgehead atoms. The quantitative estimate of drug-likeness (QED) is 0.673. The van der Waals surface area contributed by atoms with Crippen LogP contribution in [-0.2, 0) is 9.09 Å². The second-order valence-electron chi connectivity index (χ2n) is 3.78. The van der Waals surface area contributed by atoms with Gasteiger partial charge in [0.25, 0.3) is 0 Å². The average molecular weight is 268 g/mol. The first-order valence-electron chi connectivity index (χ1n) is 5.50. The Labute approximate surface area is 105 Å². The highest BCUT2D eigenvalue weighted by molar-refractivity contribution is 7.65. The molecule has 1 heterocycles. The summed E-state index contributed by atoms with van der Waals surface area (Å²) in [6.45, 7) is 2.13. The molecule has 0 amide bonds. The van der Waals surface area contributed by atoms with Crippen molar-refractivity contribution in [2.24, 2.45) is 0 Å². The summed E-state index contributed by atoms with van der Waals surface area (Å²) in [5.74, 6) is 2.47. The molecule has 0 aliphatic carbocycles. The van der Waals surface area contributed by atoms with Crippen molar-refractivity contribution in [1.82, 2.24) is 0 Å². The van der Waals surface area contributed by atoms with Gasteiger partial charge >= 0.3 is 0 Å². The normalized spacial score (nSPS) is 17.1. The Kier molecular flexibility index (Phi) is 3.55. The molecule has 96 valence electrons. The first-order chi connectivity index (χ1) is 8.54. The van der Waals surface area contributed by atoms with Gasteiger partial charge in [-0.15, -0.1) is 0 Å². The number of nitrogens with zero attached hydrogens (tertiary/aromatic N) is 1. The first-order valence-corrected chi connectivity index (χ1v) is 7.26. The Balaban J connectivity index is 2.24. The van der Waals surface area contributed by atoms with Crippen LogP contribution in [0.3, 0.4) is 0 Å². The van der Waals surface area contributed by atoms with Crippen LogP contribution < -0.4 is 10.6 Å². The lowest BCUT2D eigenvalue weighted by molar-refractivity contribution is 0.346. The van der Waals surface area contributed by atoms with Crippen molar-refractivity contribution in [3.8, 4) is 0 Å². The summed E-state index contributed by atoms with van der Waals surface area (Å²) in [5.41, 5.74) is 6.19. The van der Waals surface area contributed by atoms with Crippen molar-refractivity contribution in [2.45, 2.75) is 6.92 Å². The van der Waals surface area contributed by atoms with Crippen LogP contribution in [0.25, 0.3) is 0 Å². The summed E-state index contributed by atoms with van der Waals surface area (Å²) in [6.07, 6.45) is 3.07. The number of nitrogens with two attached hydrogens (primary N) is 1. The molecule has 1 aromatic rings. The van der Waals surface area contributed by atoms with Gasteiger partial charge in [0, 0.05) is 29.7 Å². The number of nitrogen functional groups attached to an aromatic ring is 1. The summed E-state index contributed by atoms with van der Waals surface area (Å²) in [7, 11) is -2.85. The molecule has 4 nitrogen and oxygen atoms in total. The van der Waals surface area contributed by atoms with Crippen LogP contribution in [-0.4, -0.2) is 6.61 Å². The number of benzene rings is 1. The molecule has 18 heavy (non-hydrogen) atoms. The van der Waals surface area contributed by atoms with Gasteiger partial charge in [0.2, 0.25) is 7.37 Å². The highest BCUT2D eigenvalue weighted by Gasteiger charge is 2.20. The molecule has 0 fully saturated rings. The van der Waals surface area contributed by atoms with Crippen LogP contribution in [0.2, 0.25) is 0 Å². The predicted octanol–water partition coefficient (Wildman–Crippen LogP) is 3.48. The standard InChI is InChI=1S/C12H14FN2O2P/c1-2-17-18(16)7-5-15(6-8-18)12-4-3-10(14)9-11(12)13/h3-9H,2,14H2,1H3. The molecule has 1 aliphatic heterocycles. The monoisotopic (exact) mass is 268 g/mol. The van der Waals surface area contributed by atoms with Crippen molar-refractivity contribution < 1.29 is 13.5 Å². The minimum Gasteiger partial charge on any atom is -0.399 e. The summed E-state index contributed by atoms with van der Waals surface area (Å²) in [4.78, 5) is 1.53. The smallest absolute Gasteiger partial charge is 0.250 e. The van der Waals surface area contributed by atoms with Crippen molar-refractivity contribution in [3.63, 3.8) is 0 Å². The maximum absolute atomic E-state index is 13.7. The molecule has 2 N–H and O–H groups in total. The van der Waals surface area contributed by atoms with Crippen LogP contribution in [0.1, 0.15) is 6.92 Å². The zero-order valence-electron chi connectivity index (χ0n) is 9.91. The minimum atomic E-state index is -2.85. The molecule has 2 rings (SSSR count). The number of anilines is 2. The fourth-order valence-electron chi connectivity index (χ4n) is 1.61. The molecule has 0 atom stereocenters. The van der Waals surface area contributed by atoms with Crippen molar-refractivity contribution in [3.05, 3.63) is 48.1 Å². The highest BCUT2D eigenvalue weighted by Crippen LogP contribution is 2.52. The number of hydrogen-bond donors (Lipinski definition) is 1. The van der Waals surface area contributed by atoms with Gasteiger partial charge in [-0.3, -0.25) is 4.57 Å². The van der Waals surface area contributed by atoms with E-state index in [9.17, 15) is 8.96 Å².